The second-order valence-electron chi connectivity index (χ2n) is 5.52. The summed E-state index contributed by atoms with van der Waals surface area (Å²) in [5, 5.41) is 0. The van der Waals surface area contributed by atoms with E-state index in [4.69, 9.17) is 5.73 Å². The Bertz CT molecular complexity index is 604. The number of benzene rings is 1. The number of likely N-dealkylation sites (N-methyl/N-ethyl adjacent to an activating group) is 1. The normalized spacial score (nSPS) is 24.4. The number of nitrogens with zero attached hydrogens (tertiary/aromatic N) is 2. The zero-order valence-corrected chi connectivity index (χ0v) is 12.7. The maximum absolute atomic E-state index is 13.9. The van der Waals surface area contributed by atoms with E-state index in [1.807, 2.05) is 25.9 Å². The molecule has 0 aromatic heterocycles. The van der Waals surface area contributed by atoms with Gasteiger partial charge in [-0.3, -0.25) is 0 Å². The van der Waals surface area contributed by atoms with Crippen molar-refractivity contribution < 1.29 is 12.8 Å². The number of halogens is 1. The van der Waals surface area contributed by atoms with E-state index >= 15 is 0 Å². The van der Waals surface area contributed by atoms with Crippen LogP contribution in [0.25, 0.3) is 0 Å². The number of hydrogen-bond acceptors (Lipinski definition) is 4. The standard InChI is InChI=1S/C13H20FN3O2S/c1-9-7-17(8-12(9)16(2)3)20(18,19)13-5-4-10(15)6-11(13)14/h4-6,9,12H,7-8,15H2,1-3H3. The summed E-state index contributed by atoms with van der Waals surface area (Å²) in [5.74, 6) is -0.595. The highest BCUT2D eigenvalue weighted by Crippen LogP contribution is 2.28. The van der Waals surface area contributed by atoms with Crippen LogP contribution in [0.5, 0.6) is 0 Å². The van der Waals surface area contributed by atoms with E-state index in [2.05, 4.69) is 0 Å². The number of nitrogens with two attached hydrogens (primary N) is 1. The lowest BCUT2D eigenvalue weighted by Crippen LogP contribution is -2.36. The third kappa shape index (κ3) is 2.65. The molecule has 2 atom stereocenters. The first-order valence-electron chi connectivity index (χ1n) is 6.45. The summed E-state index contributed by atoms with van der Waals surface area (Å²) in [7, 11) is 0.0261. The van der Waals surface area contributed by atoms with Gasteiger partial charge in [0.25, 0.3) is 0 Å². The highest BCUT2D eigenvalue weighted by atomic mass is 32.2. The monoisotopic (exact) mass is 301 g/mol. The SMILES string of the molecule is CC1CN(S(=O)(=O)c2ccc(N)cc2F)CC1N(C)C. The first-order chi connectivity index (χ1) is 9.23. The van der Waals surface area contributed by atoms with E-state index < -0.39 is 15.8 Å². The van der Waals surface area contributed by atoms with E-state index in [1.165, 1.54) is 16.4 Å². The molecule has 0 bridgehead atoms. The molecule has 20 heavy (non-hydrogen) atoms. The van der Waals surface area contributed by atoms with Gasteiger partial charge in [0.2, 0.25) is 10.0 Å². The predicted octanol–water partition coefficient (Wildman–Crippen LogP) is 0.979. The van der Waals surface area contributed by atoms with Crippen molar-refractivity contribution in [2.24, 2.45) is 5.92 Å². The van der Waals surface area contributed by atoms with Crippen molar-refractivity contribution in [2.45, 2.75) is 17.9 Å². The van der Waals surface area contributed by atoms with Crippen LogP contribution >= 0.6 is 0 Å². The van der Waals surface area contributed by atoms with Crippen LogP contribution in [0.1, 0.15) is 6.92 Å². The highest BCUT2D eigenvalue weighted by Gasteiger charge is 2.39. The van der Waals surface area contributed by atoms with Gasteiger partial charge in [0.05, 0.1) is 0 Å². The van der Waals surface area contributed by atoms with Gasteiger partial charge in [0.1, 0.15) is 10.7 Å². The van der Waals surface area contributed by atoms with E-state index in [0.29, 0.717) is 13.1 Å². The second kappa shape index (κ2) is 5.31. The second-order valence-corrected chi connectivity index (χ2v) is 7.43. The molecule has 2 rings (SSSR count). The smallest absolute Gasteiger partial charge is 0.246 e. The van der Waals surface area contributed by atoms with E-state index in [9.17, 15) is 12.8 Å². The zero-order valence-electron chi connectivity index (χ0n) is 11.9. The van der Waals surface area contributed by atoms with Crippen molar-refractivity contribution in [2.75, 3.05) is 32.9 Å². The molecule has 5 nitrogen and oxygen atoms in total. The molecule has 1 aliphatic heterocycles. The lowest BCUT2D eigenvalue weighted by atomic mass is 10.1. The Morgan fingerprint density at radius 3 is 2.50 bits per heavy atom. The number of sulfonamides is 1. The van der Waals surface area contributed by atoms with Gasteiger partial charge < -0.3 is 10.6 Å². The van der Waals surface area contributed by atoms with Gasteiger partial charge in [-0.15, -0.1) is 0 Å². The summed E-state index contributed by atoms with van der Waals surface area (Å²) in [6.45, 7) is 2.77. The molecule has 0 amide bonds. The number of nitrogen functional groups attached to an aromatic ring is 1. The van der Waals surface area contributed by atoms with Crippen LogP contribution in [0.15, 0.2) is 23.1 Å². The molecule has 1 saturated heterocycles. The van der Waals surface area contributed by atoms with E-state index in [1.54, 1.807) is 0 Å². The lowest BCUT2D eigenvalue weighted by Gasteiger charge is -2.22. The van der Waals surface area contributed by atoms with Crippen LogP contribution in [0.3, 0.4) is 0 Å². The zero-order chi connectivity index (χ0) is 15.1. The van der Waals surface area contributed by atoms with Crippen LogP contribution < -0.4 is 5.73 Å². The molecule has 7 heteroatoms. The van der Waals surface area contributed by atoms with Gasteiger partial charge >= 0.3 is 0 Å². The van der Waals surface area contributed by atoms with Gasteiger partial charge in [0, 0.05) is 24.8 Å². The van der Waals surface area contributed by atoms with Crippen LogP contribution in [0.4, 0.5) is 10.1 Å². The van der Waals surface area contributed by atoms with Crippen molar-refractivity contribution in [3.63, 3.8) is 0 Å². The molecular weight excluding hydrogens is 281 g/mol. The van der Waals surface area contributed by atoms with Gasteiger partial charge in [0.15, 0.2) is 0 Å². The van der Waals surface area contributed by atoms with Crippen molar-refractivity contribution in [3.05, 3.63) is 24.0 Å². The summed E-state index contributed by atoms with van der Waals surface area (Å²) in [6, 6.07) is 3.81. The summed E-state index contributed by atoms with van der Waals surface area (Å²) in [5.41, 5.74) is 5.66. The maximum atomic E-state index is 13.9. The molecule has 2 unspecified atom stereocenters. The first kappa shape index (κ1) is 15.2. The molecule has 1 heterocycles. The summed E-state index contributed by atoms with van der Waals surface area (Å²) in [4.78, 5) is 1.69. The molecule has 1 aromatic carbocycles. The fourth-order valence-corrected chi connectivity index (χ4v) is 4.24. The predicted molar refractivity (Wildman–Crippen MR) is 76.2 cm³/mol. The minimum Gasteiger partial charge on any atom is -0.399 e. The highest BCUT2D eigenvalue weighted by molar-refractivity contribution is 7.89. The quantitative estimate of drug-likeness (QED) is 0.845. The molecule has 1 fully saturated rings. The molecule has 1 aliphatic rings. The molecule has 0 radical (unpaired) electrons. The minimum atomic E-state index is -3.81. The molecule has 0 saturated carbocycles. The van der Waals surface area contributed by atoms with Crippen LogP contribution in [-0.2, 0) is 10.0 Å². The summed E-state index contributed by atoms with van der Waals surface area (Å²) >= 11 is 0. The average Bonchev–Trinajstić information content (AvgIpc) is 2.71. The Morgan fingerprint density at radius 2 is 2.00 bits per heavy atom. The fourth-order valence-electron chi connectivity index (χ4n) is 2.64. The number of rotatable bonds is 3. The maximum Gasteiger partial charge on any atom is 0.246 e. The average molecular weight is 301 g/mol. The molecule has 0 aliphatic carbocycles. The van der Waals surface area contributed by atoms with Gasteiger partial charge in [-0.2, -0.15) is 4.31 Å². The first-order valence-corrected chi connectivity index (χ1v) is 7.89. The summed E-state index contributed by atoms with van der Waals surface area (Å²) < 4.78 is 40.2. The van der Waals surface area contributed by atoms with Crippen molar-refractivity contribution in [3.8, 4) is 0 Å². The van der Waals surface area contributed by atoms with Crippen LogP contribution in [0, 0.1) is 11.7 Å². The van der Waals surface area contributed by atoms with E-state index in [-0.39, 0.29) is 22.5 Å². The molecule has 2 N–H and O–H groups in total. The Morgan fingerprint density at radius 1 is 1.35 bits per heavy atom. The van der Waals surface area contributed by atoms with Crippen molar-refractivity contribution in [1.82, 2.24) is 9.21 Å². The van der Waals surface area contributed by atoms with Crippen LogP contribution in [0.2, 0.25) is 0 Å². The van der Waals surface area contributed by atoms with Crippen LogP contribution in [-0.4, -0.2) is 50.8 Å². The Balaban J connectivity index is 2.32. The van der Waals surface area contributed by atoms with Crippen molar-refractivity contribution >= 4 is 15.7 Å². The van der Waals surface area contributed by atoms with Crippen molar-refractivity contribution in [1.29, 1.82) is 0 Å². The third-order valence-corrected chi connectivity index (χ3v) is 5.64. The molecular formula is C13H20FN3O2S. The molecule has 112 valence electrons. The Kier molecular flexibility index (Phi) is 4.04. The topological polar surface area (TPSA) is 66.6 Å². The lowest BCUT2D eigenvalue weighted by molar-refractivity contribution is 0.263. The van der Waals surface area contributed by atoms with Gasteiger partial charge in [-0.05, 0) is 38.2 Å². The van der Waals surface area contributed by atoms with Gasteiger partial charge in [-0.25, -0.2) is 12.8 Å². The third-order valence-electron chi connectivity index (χ3n) is 3.78. The molecule has 0 spiro atoms. The fraction of sp³-hybridized carbons (Fsp3) is 0.538. The number of anilines is 1. The summed E-state index contributed by atoms with van der Waals surface area (Å²) in [6.07, 6.45) is 0. The number of hydrogen-bond donors (Lipinski definition) is 1. The Hall–Kier alpha value is -1.18. The molecule has 1 aromatic rings. The Labute approximate surface area is 119 Å². The van der Waals surface area contributed by atoms with Gasteiger partial charge in [-0.1, -0.05) is 6.92 Å². The largest absolute Gasteiger partial charge is 0.399 e. The van der Waals surface area contributed by atoms with E-state index in [0.717, 1.165) is 6.07 Å². The minimum absolute atomic E-state index is 0.140.